The van der Waals surface area contributed by atoms with E-state index in [2.05, 4.69) is 5.32 Å². The number of nitrogens with one attached hydrogen (secondary N) is 1. The molecule has 2 aliphatic heterocycles. The molecule has 0 spiro atoms. The number of carbonyl (C=O) groups excluding carboxylic acids is 3. The Hall–Kier alpha value is -2.64. The van der Waals surface area contributed by atoms with Gasteiger partial charge in [-0.1, -0.05) is 12.1 Å². The summed E-state index contributed by atoms with van der Waals surface area (Å²) in [5.74, 6) is -0.530. The van der Waals surface area contributed by atoms with Gasteiger partial charge in [0.1, 0.15) is 12.4 Å². The summed E-state index contributed by atoms with van der Waals surface area (Å²) in [6.07, 6.45) is 2.20. The van der Waals surface area contributed by atoms with Gasteiger partial charge in [0.25, 0.3) is 0 Å². The quantitative estimate of drug-likeness (QED) is 0.741. The first-order chi connectivity index (χ1) is 12.6. The van der Waals surface area contributed by atoms with Crippen molar-refractivity contribution in [3.8, 4) is 0 Å². The van der Waals surface area contributed by atoms with Crippen molar-refractivity contribution in [3.63, 3.8) is 0 Å². The van der Waals surface area contributed by atoms with E-state index >= 15 is 0 Å². The summed E-state index contributed by atoms with van der Waals surface area (Å²) in [5.41, 5.74) is 0.232. The molecular weight excluding hydrogens is 339 g/mol. The highest BCUT2D eigenvalue weighted by Gasteiger charge is 2.32. The minimum atomic E-state index is -0.455. The maximum atomic E-state index is 13.8. The molecule has 8 heteroatoms. The van der Waals surface area contributed by atoms with Crippen molar-refractivity contribution in [2.45, 2.75) is 19.3 Å². The highest BCUT2D eigenvalue weighted by Crippen LogP contribution is 2.23. The molecule has 0 radical (unpaired) electrons. The number of hydrogen-bond acceptors (Lipinski definition) is 3. The minimum Gasteiger partial charge on any atom is -0.354 e. The number of amides is 4. The second kappa shape index (κ2) is 8.16. The second-order valence-electron chi connectivity index (χ2n) is 6.50. The van der Waals surface area contributed by atoms with Crippen LogP contribution in [0.1, 0.15) is 19.3 Å². The van der Waals surface area contributed by atoms with Crippen molar-refractivity contribution < 1.29 is 18.8 Å². The molecule has 3 rings (SSSR count). The van der Waals surface area contributed by atoms with Gasteiger partial charge in [-0.25, -0.2) is 9.18 Å². The van der Waals surface area contributed by atoms with E-state index in [1.165, 1.54) is 15.9 Å². The van der Waals surface area contributed by atoms with Crippen molar-refractivity contribution in [2.75, 3.05) is 44.2 Å². The lowest BCUT2D eigenvalue weighted by Crippen LogP contribution is -2.40. The average Bonchev–Trinajstić information content (AvgIpc) is 3.19. The zero-order chi connectivity index (χ0) is 18.5. The Morgan fingerprint density at radius 2 is 1.92 bits per heavy atom. The molecule has 2 aliphatic rings. The Kier molecular flexibility index (Phi) is 5.70. The number of anilines is 1. The molecule has 1 aromatic rings. The molecule has 0 aromatic heterocycles. The number of urea groups is 1. The molecule has 0 saturated carbocycles. The smallest absolute Gasteiger partial charge is 0.325 e. The number of carbonyl (C=O) groups is 3. The topological polar surface area (TPSA) is 73.0 Å². The molecule has 4 amide bonds. The first-order valence-corrected chi connectivity index (χ1v) is 8.91. The Bertz CT molecular complexity index is 697. The van der Waals surface area contributed by atoms with Crippen LogP contribution in [0.25, 0.3) is 0 Å². The van der Waals surface area contributed by atoms with Crippen molar-refractivity contribution in [2.24, 2.45) is 0 Å². The van der Waals surface area contributed by atoms with E-state index in [0.717, 1.165) is 13.0 Å². The van der Waals surface area contributed by atoms with Crippen molar-refractivity contribution in [1.82, 2.24) is 15.1 Å². The van der Waals surface area contributed by atoms with Crippen LogP contribution >= 0.6 is 0 Å². The Balaban J connectivity index is 1.41. The largest absolute Gasteiger partial charge is 0.354 e. The zero-order valence-electron chi connectivity index (χ0n) is 14.6. The van der Waals surface area contributed by atoms with E-state index in [4.69, 9.17) is 0 Å². The fourth-order valence-electron chi connectivity index (χ4n) is 3.29. The fraction of sp³-hybridized carbons (Fsp3) is 0.500. The lowest BCUT2D eigenvalue weighted by Gasteiger charge is -2.19. The monoisotopic (exact) mass is 362 g/mol. The van der Waals surface area contributed by atoms with E-state index in [0.29, 0.717) is 39.0 Å². The van der Waals surface area contributed by atoms with Gasteiger partial charge in [0.2, 0.25) is 11.8 Å². The summed E-state index contributed by atoms with van der Waals surface area (Å²) in [6, 6.07) is 5.74. The van der Waals surface area contributed by atoms with E-state index in [9.17, 15) is 18.8 Å². The van der Waals surface area contributed by atoms with Crippen LogP contribution in [0.2, 0.25) is 0 Å². The fourth-order valence-corrected chi connectivity index (χ4v) is 3.29. The molecule has 0 unspecified atom stereocenters. The summed E-state index contributed by atoms with van der Waals surface area (Å²) < 4.78 is 13.8. The Labute approximate surface area is 151 Å². The van der Waals surface area contributed by atoms with Crippen LogP contribution in [0.4, 0.5) is 14.9 Å². The summed E-state index contributed by atoms with van der Waals surface area (Å²) in [4.78, 5) is 40.5. The minimum absolute atomic E-state index is 0.0492. The third kappa shape index (κ3) is 4.12. The van der Waals surface area contributed by atoms with Crippen LogP contribution in [0.5, 0.6) is 0 Å². The van der Waals surface area contributed by atoms with E-state index in [-0.39, 0.29) is 30.1 Å². The molecule has 2 heterocycles. The summed E-state index contributed by atoms with van der Waals surface area (Å²) >= 11 is 0. The molecule has 140 valence electrons. The molecule has 0 atom stereocenters. The van der Waals surface area contributed by atoms with E-state index < -0.39 is 5.82 Å². The van der Waals surface area contributed by atoms with Gasteiger partial charge < -0.3 is 15.1 Å². The second-order valence-corrected chi connectivity index (χ2v) is 6.50. The molecule has 0 aliphatic carbocycles. The van der Waals surface area contributed by atoms with Gasteiger partial charge in [-0.15, -0.1) is 0 Å². The van der Waals surface area contributed by atoms with Crippen LogP contribution in [-0.2, 0) is 9.59 Å². The molecule has 0 bridgehead atoms. The molecule has 7 nitrogen and oxygen atoms in total. The average molecular weight is 362 g/mol. The predicted molar refractivity (Wildman–Crippen MR) is 94.2 cm³/mol. The number of likely N-dealkylation sites (tertiary alicyclic amines) is 1. The lowest BCUT2D eigenvalue weighted by atomic mass is 10.3. The number of rotatable bonds is 7. The van der Waals surface area contributed by atoms with Gasteiger partial charge in [0, 0.05) is 39.1 Å². The molecular formula is C18H23FN4O3. The Morgan fingerprint density at radius 1 is 1.12 bits per heavy atom. The normalized spacial score (nSPS) is 17.3. The predicted octanol–water partition coefficient (Wildman–Crippen LogP) is 1.20. The number of para-hydroxylation sites is 1. The van der Waals surface area contributed by atoms with Crippen LogP contribution in [0.15, 0.2) is 24.3 Å². The summed E-state index contributed by atoms with van der Waals surface area (Å²) in [5, 5.41) is 2.77. The standard InChI is InChI=1S/C18H23FN4O3/c19-14-5-1-2-6-15(14)23-12-11-22(18(23)26)13-16(24)20-8-4-10-21-9-3-7-17(21)25/h1-2,5-6H,3-4,7-13H2,(H,20,24). The van der Waals surface area contributed by atoms with Crippen LogP contribution in [0.3, 0.4) is 0 Å². The summed E-state index contributed by atoms with van der Waals surface area (Å²) in [7, 11) is 0. The maximum absolute atomic E-state index is 13.8. The van der Waals surface area contributed by atoms with E-state index in [1.54, 1.807) is 18.2 Å². The number of hydrogen-bond donors (Lipinski definition) is 1. The first-order valence-electron chi connectivity index (χ1n) is 8.91. The van der Waals surface area contributed by atoms with Crippen molar-refractivity contribution >= 4 is 23.5 Å². The molecule has 2 saturated heterocycles. The van der Waals surface area contributed by atoms with Gasteiger partial charge >= 0.3 is 6.03 Å². The number of nitrogens with zero attached hydrogens (tertiary/aromatic N) is 3. The van der Waals surface area contributed by atoms with Gasteiger partial charge in [-0.3, -0.25) is 14.5 Å². The molecule has 1 N–H and O–H groups in total. The van der Waals surface area contributed by atoms with Gasteiger partial charge in [-0.2, -0.15) is 0 Å². The molecule has 26 heavy (non-hydrogen) atoms. The highest BCUT2D eigenvalue weighted by molar-refractivity contribution is 5.96. The first kappa shape index (κ1) is 18.2. The van der Waals surface area contributed by atoms with Crippen molar-refractivity contribution in [1.29, 1.82) is 0 Å². The lowest BCUT2D eigenvalue weighted by molar-refractivity contribution is -0.127. The van der Waals surface area contributed by atoms with Crippen LogP contribution in [0, 0.1) is 5.82 Å². The highest BCUT2D eigenvalue weighted by atomic mass is 19.1. The van der Waals surface area contributed by atoms with Crippen molar-refractivity contribution in [3.05, 3.63) is 30.1 Å². The zero-order valence-corrected chi connectivity index (χ0v) is 14.6. The van der Waals surface area contributed by atoms with Gasteiger partial charge in [0.05, 0.1) is 5.69 Å². The van der Waals surface area contributed by atoms with Gasteiger partial charge in [0.15, 0.2) is 0 Å². The van der Waals surface area contributed by atoms with E-state index in [1.807, 2.05) is 4.90 Å². The number of halogens is 1. The maximum Gasteiger partial charge on any atom is 0.325 e. The number of benzene rings is 1. The third-order valence-corrected chi connectivity index (χ3v) is 4.67. The molecule has 2 fully saturated rings. The van der Waals surface area contributed by atoms with Crippen LogP contribution in [-0.4, -0.2) is 66.9 Å². The SMILES string of the molecule is O=C(CN1CCN(c2ccccc2F)C1=O)NCCCN1CCCC1=O. The third-order valence-electron chi connectivity index (χ3n) is 4.67. The van der Waals surface area contributed by atoms with Crippen LogP contribution < -0.4 is 10.2 Å². The molecule has 1 aromatic carbocycles. The summed E-state index contributed by atoms with van der Waals surface area (Å²) in [6.45, 7) is 2.57. The van der Waals surface area contributed by atoms with Gasteiger partial charge in [-0.05, 0) is 25.0 Å². The Morgan fingerprint density at radius 3 is 2.65 bits per heavy atom.